The number of para-hydroxylation sites is 1. The number of carbonyl (C=O) groups is 3. The lowest BCUT2D eigenvalue weighted by molar-refractivity contribution is -0.126. The van der Waals surface area contributed by atoms with Crippen molar-refractivity contribution in [3.8, 4) is 11.5 Å². The molecular weight excluding hydrogens is 276 g/mol. The normalized spacial score (nSPS) is 11.2. The average molecular weight is 294 g/mol. The average Bonchev–Trinajstić information content (AvgIpc) is 2.48. The van der Waals surface area contributed by atoms with Crippen molar-refractivity contribution in [2.75, 3.05) is 13.7 Å². The summed E-state index contributed by atoms with van der Waals surface area (Å²) >= 11 is 0. The van der Waals surface area contributed by atoms with E-state index in [4.69, 9.17) is 9.47 Å². The molecule has 0 saturated heterocycles. The first kappa shape index (κ1) is 16.5. The molecule has 1 aromatic carbocycles. The summed E-state index contributed by atoms with van der Waals surface area (Å²) in [5.41, 5.74) is 0.264. The first-order chi connectivity index (χ1) is 10.0. The first-order valence-electron chi connectivity index (χ1n) is 6.43. The molecule has 114 valence electrons. The third-order valence-corrected chi connectivity index (χ3v) is 2.56. The maximum atomic E-state index is 11.8. The zero-order valence-corrected chi connectivity index (χ0v) is 12.1. The highest BCUT2D eigenvalue weighted by Crippen LogP contribution is 2.31. The Morgan fingerprint density at radius 2 is 2.10 bits per heavy atom. The van der Waals surface area contributed by atoms with Gasteiger partial charge in [-0.15, -0.1) is 0 Å². The van der Waals surface area contributed by atoms with Gasteiger partial charge in [0.15, 0.2) is 23.9 Å². The number of hydrogen-bond donors (Lipinski definition) is 2. The predicted octanol–water partition coefficient (Wildman–Crippen LogP) is 1.12. The lowest BCUT2D eigenvalue weighted by atomic mass is 10.2. The number of benzene rings is 1. The SMILES string of the molecule is CCOc1cccc(C=O)c1OC(C)C(=O)NC(=O)NC. The van der Waals surface area contributed by atoms with Crippen molar-refractivity contribution >= 4 is 18.2 Å². The molecule has 1 aromatic rings. The fraction of sp³-hybridized carbons (Fsp3) is 0.357. The molecular formula is C14H18N2O5. The van der Waals surface area contributed by atoms with E-state index in [1.54, 1.807) is 25.1 Å². The summed E-state index contributed by atoms with van der Waals surface area (Å²) in [4.78, 5) is 33.9. The molecule has 0 aliphatic heterocycles. The van der Waals surface area contributed by atoms with Crippen LogP contribution >= 0.6 is 0 Å². The van der Waals surface area contributed by atoms with Gasteiger partial charge >= 0.3 is 6.03 Å². The van der Waals surface area contributed by atoms with Crippen LogP contribution in [0, 0.1) is 0 Å². The number of nitrogens with one attached hydrogen (secondary N) is 2. The molecule has 0 aromatic heterocycles. The summed E-state index contributed by atoms with van der Waals surface area (Å²) in [7, 11) is 1.39. The quantitative estimate of drug-likeness (QED) is 0.767. The number of rotatable bonds is 6. The van der Waals surface area contributed by atoms with Gasteiger partial charge < -0.3 is 14.8 Å². The van der Waals surface area contributed by atoms with E-state index >= 15 is 0 Å². The Bertz CT molecular complexity index is 530. The van der Waals surface area contributed by atoms with E-state index in [9.17, 15) is 14.4 Å². The summed E-state index contributed by atoms with van der Waals surface area (Å²) in [6, 6.07) is 4.20. The molecule has 0 aliphatic carbocycles. The van der Waals surface area contributed by atoms with Gasteiger partial charge in [-0.2, -0.15) is 0 Å². The second-order valence-electron chi connectivity index (χ2n) is 4.05. The molecule has 0 aliphatic rings. The molecule has 7 nitrogen and oxygen atoms in total. The van der Waals surface area contributed by atoms with Crippen LogP contribution in [-0.2, 0) is 4.79 Å². The predicted molar refractivity (Wildman–Crippen MR) is 75.7 cm³/mol. The van der Waals surface area contributed by atoms with Crippen molar-refractivity contribution in [1.29, 1.82) is 0 Å². The molecule has 2 N–H and O–H groups in total. The van der Waals surface area contributed by atoms with Crippen molar-refractivity contribution < 1.29 is 23.9 Å². The number of ether oxygens (including phenoxy) is 2. The van der Waals surface area contributed by atoms with Gasteiger partial charge in [-0.1, -0.05) is 6.07 Å². The second kappa shape index (κ2) is 7.88. The van der Waals surface area contributed by atoms with Gasteiger partial charge in [0.25, 0.3) is 5.91 Å². The highest BCUT2D eigenvalue weighted by atomic mass is 16.5. The van der Waals surface area contributed by atoms with Gasteiger partial charge in [0, 0.05) is 7.05 Å². The van der Waals surface area contributed by atoms with Crippen LogP contribution in [0.15, 0.2) is 18.2 Å². The van der Waals surface area contributed by atoms with E-state index in [0.29, 0.717) is 18.6 Å². The van der Waals surface area contributed by atoms with Crippen LogP contribution in [0.4, 0.5) is 4.79 Å². The van der Waals surface area contributed by atoms with Crippen molar-refractivity contribution in [3.05, 3.63) is 23.8 Å². The second-order valence-corrected chi connectivity index (χ2v) is 4.05. The summed E-state index contributed by atoms with van der Waals surface area (Å²) in [6.45, 7) is 3.64. The number of amides is 3. The monoisotopic (exact) mass is 294 g/mol. The minimum absolute atomic E-state index is 0.175. The highest BCUT2D eigenvalue weighted by molar-refractivity contribution is 5.96. The molecule has 0 heterocycles. The fourth-order valence-electron chi connectivity index (χ4n) is 1.53. The number of hydrogen-bond acceptors (Lipinski definition) is 5. The van der Waals surface area contributed by atoms with Crippen molar-refractivity contribution in [2.24, 2.45) is 0 Å². The number of imide groups is 1. The lowest BCUT2D eigenvalue weighted by Gasteiger charge is -2.18. The standard InChI is InChI=1S/C14H18N2O5/c1-4-20-11-7-5-6-10(8-17)12(11)21-9(2)13(18)16-14(19)15-3/h5-9H,4H2,1-3H3,(H2,15,16,18,19). The third-order valence-electron chi connectivity index (χ3n) is 2.56. The summed E-state index contributed by atoms with van der Waals surface area (Å²) in [5.74, 6) is -0.0897. The van der Waals surface area contributed by atoms with Crippen molar-refractivity contribution in [2.45, 2.75) is 20.0 Å². The minimum atomic E-state index is -0.970. The molecule has 3 amide bonds. The largest absolute Gasteiger partial charge is 0.490 e. The zero-order valence-electron chi connectivity index (χ0n) is 12.1. The van der Waals surface area contributed by atoms with Crippen LogP contribution in [0.3, 0.4) is 0 Å². The Morgan fingerprint density at radius 1 is 1.38 bits per heavy atom. The van der Waals surface area contributed by atoms with Crippen molar-refractivity contribution in [3.63, 3.8) is 0 Å². The molecule has 7 heteroatoms. The molecule has 1 rings (SSSR count). The molecule has 1 unspecified atom stereocenters. The molecule has 1 atom stereocenters. The summed E-state index contributed by atoms with van der Waals surface area (Å²) < 4.78 is 10.8. The highest BCUT2D eigenvalue weighted by Gasteiger charge is 2.20. The minimum Gasteiger partial charge on any atom is -0.490 e. The van der Waals surface area contributed by atoms with Crippen LogP contribution in [0.5, 0.6) is 11.5 Å². The Hall–Kier alpha value is -2.57. The third kappa shape index (κ3) is 4.48. The Kier molecular flexibility index (Phi) is 6.19. The van der Waals surface area contributed by atoms with Gasteiger partial charge in [0.05, 0.1) is 12.2 Å². The van der Waals surface area contributed by atoms with Gasteiger partial charge in [0.1, 0.15) is 0 Å². The van der Waals surface area contributed by atoms with Gasteiger partial charge in [-0.05, 0) is 26.0 Å². The molecule has 21 heavy (non-hydrogen) atoms. The zero-order chi connectivity index (χ0) is 15.8. The Morgan fingerprint density at radius 3 is 2.67 bits per heavy atom. The van der Waals surface area contributed by atoms with Crippen LogP contribution in [0.1, 0.15) is 24.2 Å². The van der Waals surface area contributed by atoms with Gasteiger partial charge in [0.2, 0.25) is 0 Å². The molecule has 0 spiro atoms. The fourth-order valence-corrected chi connectivity index (χ4v) is 1.53. The van der Waals surface area contributed by atoms with E-state index in [1.807, 2.05) is 0 Å². The topological polar surface area (TPSA) is 93.7 Å². The number of urea groups is 1. The van der Waals surface area contributed by atoms with E-state index < -0.39 is 18.0 Å². The van der Waals surface area contributed by atoms with Gasteiger partial charge in [-0.25, -0.2) is 4.79 Å². The number of carbonyl (C=O) groups excluding carboxylic acids is 3. The summed E-state index contributed by atoms with van der Waals surface area (Å²) in [6.07, 6.45) is -0.357. The first-order valence-corrected chi connectivity index (χ1v) is 6.43. The van der Waals surface area contributed by atoms with E-state index in [1.165, 1.54) is 14.0 Å². The van der Waals surface area contributed by atoms with Crippen LogP contribution in [0.25, 0.3) is 0 Å². The van der Waals surface area contributed by atoms with E-state index in [2.05, 4.69) is 10.6 Å². The van der Waals surface area contributed by atoms with Crippen LogP contribution in [0.2, 0.25) is 0 Å². The lowest BCUT2D eigenvalue weighted by Crippen LogP contribution is -2.44. The van der Waals surface area contributed by atoms with E-state index in [0.717, 1.165) is 0 Å². The molecule has 0 radical (unpaired) electrons. The van der Waals surface area contributed by atoms with Crippen LogP contribution in [-0.4, -0.2) is 38.0 Å². The maximum absolute atomic E-state index is 11.8. The Balaban J connectivity index is 2.92. The molecule has 0 saturated carbocycles. The maximum Gasteiger partial charge on any atom is 0.321 e. The van der Waals surface area contributed by atoms with E-state index in [-0.39, 0.29) is 11.3 Å². The molecule has 0 fully saturated rings. The smallest absolute Gasteiger partial charge is 0.321 e. The number of aldehydes is 1. The molecule has 0 bridgehead atoms. The van der Waals surface area contributed by atoms with Gasteiger partial charge in [-0.3, -0.25) is 14.9 Å². The summed E-state index contributed by atoms with van der Waals surface area (Å²) in [5, 5.41) is 4.36. The van der Waals surface area contributed by atoms with Crippen molar-refractivity contribution in [1.82, 2.24) is 10.6 Å². The Labute approximate surface area is 122 Å². The van der Waals surface area contributed by atoms with Crippen LogP contribution < -0.4 is 20.1 Å².